The number of carbonyl (C=O) groups is 2. The second-order valence-corrected chi connectivity index (χ2v) is 5.44. The molecule has 0 saturated carbocycles. The lowest BCUT2D eigenvalue weighted by Gasteiger charge is -2.32. The van der Waals surface area contributed by atoms with Crippen molar-refractivity contribution < 1.29 is 24.2 Å². The van der Waals surface area contributed by atoms with Gasteiger partial charge in [-0.2, -0.15) is 0 Å². The normalized spacial score (nSPS) is 38.7. The van der Waals surface area contributed by atoms with Gasteiger partial charge >= 0.3 is 5.97 Å². The summed E-state index contributed by atoms with van der Waals surface area (Å²) in [6.07, 6.45) is 0.0659. The van der Waals surface area contributed by atoms with E-state index in [1.54, 1.807) is 6.92 Å². The van der Waals surface area contributed by atoms with Crippen LogP contribution in [0.25, 0.3) is 0 Å². The van der Waals surface area contributed by atoms with Crippen LogP contribution in [0.3, 0.4) is 0 Å². The van der Waals surface area contributed by atoms with Gasteiger partial charge in [-0.15, -0.1) is 0 Å². The van der Waals surface area contributed by atoms with Gasteiger partial charge < -0.3 is 25.2 Å². The molecule has 2 aliphatic rings. The van der Waals surface area contributed by atoms with Crippen LogP contribution in [0.15, 0.2) is 0 Å². The Labute approximate surface area is 111 Å². The van der Waals surface area contributed by atoms with E-state index in [1.807, 2.05) is 0 Å². The van der Waals surface area contributed by atoms with Crippen molar-refractivity contribution in [1.82, 2.24) is 4.90 Å². The van der Waals surface area contributed by atoms with Crippen LogP contribution in [-0.4, -0.2) is 66.9 Å². The van der Waals surface area contributed by atoms with Gasteiger partial charge in [0.1, 0.15) is 6.04 Å². The molecule has 7 heteroatoms. The van der Waals surface area contributed by atoms with Crippen LogP contribution in [0.1, 0.15) is 13.3 Å². The third-order valence-electron chi connectivity index (χ3n) is 4.15. The first-order valence-corrected chi connectivity index (χ1v) is 6.30. The molecule has 4 atom stereocenters. The quantitative estimate of drug-likeness (QED) is 0.687. The summed E-state index contributed by atoms with van der Waals surface area (Å²) in [5.41, 5.74) is 5.07. The van der Waals surface area contributed by atoms with E-state index in [1.165, 1.54) is 12.0 Å². The number of carboxylic acids is 1. The van der Waals surface area contributed by atoms with Gasteiger partial charge in [-0.1, -0.05) is 0 Å². The van der Waals surface area contributed by atoms with Crippen molar-refractivity contribution in [3.05, 3.63) is 0 Å². The molecule has 2 heterocycles. The second-order valence-electron chi connectivity index (χ2n) is 5.44. The Bertz CT molecular complexity index is 388. The molecule has 0 aromatic carbocycles. The monoisotopic (exact) mass is 272 g/mol. The zero-order valence-electron chi connectivity index (χ0n) is 11.2. The van der Waals surface area contributed by atoms with E-state index in [2.05, 4.69) is 0 Å². The maximum Gasteiger partial charge on any atom is 0.326 e. The molecule has 2 saturated heterocycles. The summed E-state index contributed by atoms with van der Waals surface area (Å²) in [5.74, 6) is -1.27. The van der Waals surface area contributed by atoms with Gasteiger partial charge in [0, 0.05) is 26.1 Å². The maximum absolute atomic E-state index is 12.6. The van der Waals surface area contributed by atoms with Crippen LogP contribution in [0.5, 0.6) is 0 Å². The molecule has 108 valence electrons. The Morgan fingerprint density at radius 1 is 1.53 bits per heavy atom. The molecule has 2 aliphatic heterocycles. The van der Waals surface area contributed by atoms with Gasteiger partial charge in [0.15, 0.2) is 0 Å². The van der Waals surface area contributed by atoms with E-state index in [-0.39, 0.29) is 25.2 Å². The lowest BCUT2D eigenvalue weighted by molar-refractivity contribution is -0.153. The molecule has 2 fully saturated rings. The average molecular weight is 272 g/mol. The molecule has 0 aliphatic carbocycles. The molecular weight excluding hydrogens is 252 g/mol. The van der Waals surface area contributed by atoms with Gasteiger partial charge in [0.2, 0.25) is 5.91 Å². The predicted molar refractivity (Wildman–Crippen MR) is 65.5 cm³/mol. The Kier molecular flexibility index (Phi) is 3.80. The van der Waals surface area contributed by atoms with Crippen molar-refractivity contribution in [3.8, 4) is 0 Å². The number of hydrogen-bond acceptors (Lipinski definition) is 5. The minimum atomic E-state index is -1.01. The fraction of sp³-hybridized carbons (Fsp3) is 0.833. The molecule has 0 spiro atoms. The molecule has 0 bridgehead atoms. The summed E-state index contributed by atoms with van der Waals surface area (Å²) in [4.78, 5) is 25.2. The molecular formula is C12H20N2O5. The smallest absolute Gasteiger partial charge is 0.326 e. The zero-order valence-corrected chi connectivity index (χ0v) is 11.2. The molecule has 0 radical (unpaired) electrons. The second kappa shape index (κ2) is 5.07. The molecule has 0 aromatic heterocycles. The molecule has 3 N–H and O–H groups in total. The van der Waals surface area contributed by atoms with Crippen LogP contribution < -0.4 is 5.73 Å². The molecule has 1 amide bonds. The number of aliphatic carboxylic acids is 1. The van der Waals surface area contributed by atoms with Gasteiger partial charge in [0.25, 0.3) is 0 Å². The summed E-state index contributed by atoms with van der Waals surface area (Å²) in [5, 5.41) is 9.23. The zero-order chi connectivity index (χ0) is 14.2. The van der Waals surface area contributed by atoms with Gasteiger partial charge in [-0.05, 0) is 6.92 Å². The number of likely N-dealkylation sites (tertiary alicyclic amines) is 1. The van der Waals surface area contributed by atoms with Crippen LogP contribution in [0.4, 0.5) is 0 Å². The van der Waals surface area contributed by atoms with Gasteiger partial charge in [0.05, 0.1) is 24.7 Å². The molecule has 4 unspecified atom stereocenters. The van der Waals surface area contributed by atoms with Crippen molar-refractivity contribution in [2.24, 2.45) is 11.1 Å². The van der Waals surface area contributed by atoms with Crippen molar-refractivity contribution in [2.45, 2.75) is 31.5 Å². The fourth-order valence-electron chi connectivity index (χ4n) is 2.66. The van der Waals surface area contributed by atoms with Crippen LogP contribution in [-0.2, 0) is 19.1 Å². The molecule has 19 heavy (non-hydrogen) atoms. The van der Waals surface area contributed by atoms with Crippen LogP contribution >= 0.6 is 0 Å². The summed E-state index contributed by atoms with van der Waals surface area (Å²) < 4.78 is 10.4. The minimum Gasteiger partial charge on any atom is -0.480 e. The van der Waals surface area contributed by atoms with Crippen molar-refractivity contribution in [1.29, 1.82) is 0 Å². The lowest BCUT2D eigenvalue weighted by Crippen LogP contribution is -2.54. The summed E-state index contributed by atoms with van der Waals surface area (Å²) in [7, 11) is 1.52. The highest BCUT2D eigenvalue weighted by molar-refractivity contribution is 5.89. The van der Waals surface area contributed by atoms with Gasteiger partial charge in [-0.3, -0.25) is 4.79 Å². The number of methoxy groups -OCH3 is 1. The minimum absolute atomic E-state index is 0.230. The first-order chi connectivity index (χ1) is 8.90. The highest BCUT2D eigenvalue weighted by atomic mass is 16.5. The number of hydrogen-bond donors (Lipinski definition) is 2. The average Bonchev–Trinajstić information content (AvgIpc) is 2.94. The Morgan fingerprint density at radius 2 is 2.21 bits per heavy atom. The topological polar surface area (TPSA) is 102 Å². The highest BCUT2D eigenvalue weighted by Crippen LogP contribution is 2.33. The number of amides is 1. The standard InChI is InChI=1S/C12H20N2O5/c1-12(6-19-5-9(12)13)11(17)14-4-7(18-2)3-8(14)10(15)16/h7-9H,3-6,13H2,1-2H3,(H,15,16). The molecule has 0 aromatic rings. The first kappa shape index (κ1) is 14.2. The SMILES string of the molecule is COC1CC(C(=O)O)N(C(=O)C2(C)COCC2N)C1. The number of carboxylic acid groups (broad SMARTS) is 1. The van der Waals surface area contributed by atoms with E-state index < -0.39 is 23.5 Å². The number of nitrogens with two attached hydrogens (primary N) is 1. The predicted octanol–water partition coefficient (Wildman–Crippen LogP) is -0.949. The Balaban J connectivity index is 2.19. The largest absolute Gasteiger partial charge is 0.480 e. The fourth-order valence-corrected chi connectivity index (χ4v) is 2.66. The van der Waals surface area contributed by atoms with Gasteiger partial charge in [-0.25, -0.2) is 4.79 Å². The van der Waals surface area contributed by atoms with E-state index in [4.69, 9.17) is 15.2 Å². The van der Waals surface area contributed by atoms with Crippen molar-refractivity contribution in [2.75, 3.05) is 26.9 Å². The van der Waals surface area contributed by atoms with Crippen LogP contribution in [0, 0.1) is 5.41 Å². The summed E-state index contributed by atoms with van der Waals surface area (Å²) >= 11 is 0. The highest BCUT2D eigenvalue weighted by Gasteiger charge is 2.51. The van der Waals surface area contributed by atoms with E-state index >= 15 is 0 Å². The molecule has 2 rings (SSSR count). The molecule has 7 nitrogen and oxygen atoms in total. The lowest BCUT2D eigenvalue weighted by atomic mass is 9.84. The number of ether oxygens (including phenoxy) is 2. The first-order valence-electron chi connectivity index (χ1n) is 6.30. The summed E-state index contributed by atoms with van der Waals surface area (Å²) in [6, 6.07) is -1.25. The van der Waals surface area contributed by atoms with E-state index in [0.717, 1.165) is 0 Å². The number of carbonyl (C=O) groups excluding carboxylic acids is 1. The number of nitrogens with zero attached hydrogens (tertiary/aromatic N) is 1. The maximum atomic E-state index is 12.6. The summed E-state index contributed by atoms with van der Waals surface area (Å²) in [6.45, 7) is 2.57. The van der Waals surface area contributed by atoms with Crippen LogP contribution in [0.2, 0.25) is 0 Å². The third kappa shape index (κ3) is 2.33. The van der Waals surface area contributed by atoms with E-state index in [9.17, 15) is 14.7 Å². The Morgan fingerprint density at radius 3 is 2.68 bits per heavy atom. The van der Waals surface area contributed by atoms with Crippen molar-refractivity contribution >= 4 is 11.9 Å². The third-order valence-corrected chi connectivity index (χ3v) is 4.15. The number of rotatable bonds is 3. The van der Waals surface area contributed by atoms with Crippen molar-refractivity contribution in [3.63, 3.8) is 0 Å². The van der Waals surface area contributed by atoms with E-state index in [0.29, 0.717) is 13.0 Å². The Hall–Kier alpha value is -1.18.